The first-order chi connectivity index (χ1) is 16.6. The Hall–Kier alpha value is -3.63. The fraction of sp³-hybridized carbons (Fsp3) is 0.250. The average Bonchev–Trinajstić information content (AvgIpc) is 3.20. The third kappa shape index (κ3) is 2.92. The van der Waals surface area contributed by atoms with Crippen molar-refractivity contribution in [1.29, 1.82) is 0 Å². The minimum atomic E-state index is 0.309. The first-order valence-corrected chi connectivity index (χ1v) is 12.1. The van der Waals surface area contributed by atoms with Crippen LogP contribution in [0.4, 0.5) is 11.5 Å². The topological polar surface area (TPSA) is 123 Å². The van der Waals surface area contributed by atoms with E-state index in [4.69, 9.17) is 15.7 Å². The van der Waals surface area contributed by atoms with Gasteiger partial charge < -0.3 is 26.1 Å². The summed E-state index contributed by atoms with van der Waals surface area (Å²) in [5, 5.41) is 18.2. The summed E-state index contributed by atoms with van der Waals surface area (Å²) in [6, 6.07) is 11.9. The lowest BCUT2D eigenvalue weighted by molar-refractivity contribution is -0.577. The molecule has 0 unspecified atom stereocenters. The lowest BCUT2D eigenvalue weighted by Crippen LogP contribution is -2.29. The van der Waals surface area contributed by atoms with Crippen LogP contribution in [0.15, 0.2) is 58.8 Å². The van der Waals surface area contributed by atoms with Crippen molar-refractivity contribution in [1.82, 2.24) is 19.9 Å². The molecule has 1 saturated heterocycles. The number of hydrogen-bond acceptors (Lipinski definition) is 8. The zero-order chi connectivity index (χ0) is 23.0. The highest BCUT2D eigenvalue weighted by Crippen LogP contribution is 2.47. The van der Waals surface area contributed by atoms with Crippen LogP contribution in [0.1, 0.15) is 0 Å². The van der Waals surface area contributed by atoms with Crippen molar-refractivity contribution in [3.8, 4) is 0 Å². The predicted octanol–water partition coefficient (Wildman–Crippen LogP) is 2.88. The minimum absolute atomic E-state index is 0.309. The van der Waals surface area contributed by atoms with E-state index in [2.05, 4.69) is 26.3 Å². The van der Waals surface area contributed by atoms with Gasteiger partial charge in [-0.2, -0.15) is 4.73 Å². The molecule has 7 rings (SSSR count). The smallest absolute Gasteiger partial charge is 0.243 e. The van der Waals surface area contributed by atoms with Gasteiger partial charge in [0.15, 0.2) is 11.4 Å². The first-order valence-electron chi connectivity index (χ1n) is 11.3. The van der Waals surface area contributed by atoms with Gasteiger partial charge in [-0.3, -0.25) is 0 Å². The van der Waals surface area contributed by atoms with Gasteiger partial charge in [0.1, 0.15) is 17.0 Å². The monoisotopic (exact) mass is 470 g/mol. The Morgan fingerprint density at radius 1 is 1.21 bits per heavy atom. The number of nitrogens with one attached hydrogen (secondary N) is 2. The van der Waals surface area contributed by atoms with Gasteiger partial charge >= 0.3 is 0 Å². The molecular weight excluding hydrogens is 448 g/mol. The number of benzene rings is 1. The summed E-state index contributed by atoms with van der Waals surface area (Å²) >= 11 is 1.41. The van der Waals surface area contributed by atoms with Crippen LogP contribution >= 0.6 is 11.8 Å². The number of rotatable bonds is 4. The number of aromatic nitrogens is 5. The Kier molecular flexibility index (Phi) is 4.18. The number of hydrogen-bond donors (Lipinski definition) is 3. The molecule has 34 heavy (non-hydrogen) atoms. The van der Waals surface area contributed by atoms with E-state index in [-0.39, 0.29) is 0 Å². The molecular formula is C24H22N8OS. The predicted molar refractivity (Wildman–Crippen MR) is 133 cm³/mol. The van der Waals surface area contributed by atoms with E-state index in [0.29, 0.717) is 34.1 Å². The van der Waals surface area contributed by atoms with Crippen molar-refractivity contribution in [2.75, 3.05) is 30.4 Å². The summed E-state index contributed by atoms with van der Waals surface area (Å²) in [6.45, 7) is 1.82. The van der Waals surface area contributed by atoms with Gasteiger partial charge in [0.05, 0.1) is 16.6 Å². The van der Waals surface area contributed by atoms with Crippen molar-refractivity contribution in [3.05, 3.63) is 54.0 Å². The number of nitrogens with two attached hydrogens (primary N) is 1. The number of para-hydroxylation sites is 1. The fourth-order valence-electron chi connectivity index (χ4n) is 5.21. The molecule has 1 aliphatic heterocycles. The highest BCUT2D eigenvalue weighted by molar-refractivity contribution is 7.99. The Bertz CT molecular complexity index is 1590. The maximum absolute atomic E-state index is 12.2. The molecule has 1 aliphatic carbocycles. The Labute approximate surface area is 199 Å². The lowest BCUT2D eigenvalue weighted by atomic mass is 10.1. The van der Waals surface area contributed by atoms with E-state index in [1.165, 1.54) is 18.0 Å². The molecule has 5 aromatic rings. The fourth-order valence-corrected chi connectivity index (χ4v) is 5.97. The molecule has 4 N–H and O–H groups in total. The van der Waals surface area contributed by atoms with Gasteiger partial charge in [-0.25, -0.2) is 15.0 Å². The maximum atomic E-state index is 12.2. The highest BCUT2D eigenvalue weighted by atomic mass is 32.2. The van der Waals surface area contributed by atoms with Crippen LogP contribution in [-0.4, -0.2) is 46.1 Å². The Morgan fingerprint density at radius 3 is 2.88 bits per heavy atom. The molecule has 1 saturated carbocycles. The molecule has 0 spiro atoms. The van der Waals surface area contributed by atoms with E-state index in [9.17, 15) is 5.21 Å². The van der Waals surface area contributed by atoms with Crippen LogP contribution < -0.4 is 20.7 Å². The van der Waals surface area contributed by atoms with Gasteiger partial charge in [0, 0.05) is 54.8 Å². The third-order valence-corrected chi connectivity index (χ3v) is 7.89. The van der Waals surface area contributed by atoms with E-state index in [1.54, 1.807) is 12.3 Å². The normalized spacial score (nSPS) is 21.5. The summed E-state index contributed by atoms with van der Waals surface area (Å²) < 4.78 is 0.832. The van der Waals surface area contributed by atoms with Crippen molar-refractivity contribution in [3.63, 3.8) is 0 Å². The number of anilines is 2. The standard InChI is InChI=1S/C24H22N8OS/c1-26-17-5-2-4-13-19-22(28-21(13)17)29-24(30-23(19)31-10-14-15(11-31)20(14)25)34-12-8-18-16(27-9-12)6-3-7-32(18)33/h2-9,14-15,20,26H,10-11,25H2,1H3,(H,28,29,30)/t14-,15+,20+. The largest absolute Gasteiger partial charge is 0.618 e. The highest BCUT2D eigenvalue weighted by Gasteiger charge is 2.54. The molecule has 0 bridgehead atoms. The summed E-state index contributed by atoms with van der Waals surface area (Å²) in [6.07, 6.45) is 3.24. The van der Waals surface area contributed by atoms with Gasteiger partial charge in [-0.05, 0) is 35.7 Å². The second-order valence-corrected chi connectivity index (χ2v) is 10.0. The minimum Gasteiger partial charge on any atom is -0.618 e. The zero-order valence-corrected chi connectivity index (χ0v) is 19.2. The SMILES string of the molecule is CNc1cccc2c1[nH]c1nc(Sc3cnc4ccc[n+]([O-])c4c3)nc(N3C[C@@H]4[C@@H](N)[C@@H]4C3)c12. The second-order valence-electron chi connectivity index (χ2n) is 8.98. The summed E-state index contributed by atoms with van der Waals surface area (Å²) in [4.78, 5) is 21.0. The molecule has 10 heteroatoms. The summed E-state index contributed by atoms with van der Waals surface area (Å²) in [5.74, 6) is 2.01. The van der Waals surface area contributed by atoms with Crippen LogP contribution in [0.5, 0.6) is 0 Å². The third-order valence-electron chi connectivity index (χ3n) is 7.07. The number of H-pyrrole nitrogens is 1. The van der Waals surface area contributed by atoms with Gasteiger partial charge in [-0.15, -0.1) is 0 Å². The molecule has 4 aromatic heterocycles. The number of piperidine rings is 1. The van der Waals surface area contributed by atoms with Crippen LogP contribution in [0, 0.1) is 17.0 Å². The maximum Gasteiger partial charge on any atom is 0.243 e. The Balaban J connectivity index is 1.37. The van der Waals surface area contributed by atoms with Gasteiger partial charge in [0.2, 0.25) is 5.52 Å². The molecule has 3 atom stereocenters. The van der Waals surface area contributed by atoms with Gasteiger partial charge in [0.25, 0.3) is 0 Å². The van der Waals surface area contributed by atoms with E-state index in [1.807, 2.05) is 31.3 Å². The Morgan fingerprint density at radius 2 is 2.06 bits per heavy atom. The zero-order valence-electron chi connectivity index (χ0n) is 18.4. The molecule has 9 nitrogen and oxygen atoms in total. The van der Waals surface area contributed by atoms with Crippen LogP contribution in [0.3, 0.4) is 0 Å². The number of nitrogens with zero attached hydrogens (tertiary/aromatic N) is 5. The van der Waals surface area contributed by atoms with E-state index >= 15 is 0 Å². The van der Waals surface area contributed by atoms with Crippen molar-refractivity contribution in [2.45, 2.75) is 16.1 Å². The van der Waals surface area contributed by atoms with E-state index < -0.39 is 0 Å². The molecule has 170 valence electrons. The molecule has 2 fully saturated rings. The number of pyridine rings is 2. The van der Waals surface area contributed by atoms with Crippen LogP contribution in [0.2, 0.25) is 0 Å². The molecule has 2 aliphatic rings. The lowest BCUT2D eigenvalue weighted by Gasteiger charge is -2.21. The summed E-state index contributed by atoms with van der Waals surface area (Å²) in [7, 11) is 1.92. The van der Waals surface area contributed by atoms with Crippen LogP contribution in [-0.2, 0) is 0 Å². The van der Waals surface area contributed by atoms with Crippen molar-refractivity contribution in [2.24, 2.45) is 17.6 Å². The average molecular weight is 471 g/mol. The molecule has 1 aromatic carbocycles. The first kappa shape index (κ1) is 19.8. The summed E-state index contributed by atoms with van der Waals surface area (Å²) in [5.41, 5.74) is 10.2. The van der Waals surface area contributed by atoms with Crippen LogP contribution in [0.25, 0.3) is 33.0 Å². The van der Waals surface area contributed by atoms with Crippen molar-refractivity contribution >= 4 is 56.2 Å². The molecule has 0 radical (unpaired) electrons. The second kappa shape index (κ2) is 7.18. The number of fused-ring (bicyclic) bond motifs is 5. The van der Waals surface area contributed by atoms with Crippen molar-refractivity contribution < 1.29 is 4.73 Å². The van der Waals surface area contributed by atoms with E-state index in [0.717, 1.165) is 56.2 Å². The molecule has 5 heterocycles. The number of aromatic amines is 1. The molecule has 0 amide bonds. The quantitative estimate of drug-likeness (QED) is 0.208. The van der Waals surface area contributed by atoms with Gasteiger partial charge in [-0.1, -0.05) is 12.1 Å².